The van der Waals surface area contributed by atoms with Crippen LogP contribution in [0.1, 0.15) is 5.56 Å². The Morgan fingerprint density at radius 3 is 2.39 bits per heavy atom. The van der Waals surface area contributed by atoms with Crippen molar-refractivity contribution in [3.8, 4) is 0 Å². The van der Waals surface area contributed by atoms with Crippen LogP contribution in [0.2, 0.25) is 0 Å². The van der Waals surface area contributed by atoms with Crippen LogP contribution in [0, 0.1) is 0 Å². The van der Waals surface area contributed by atoms with Gasteiger partial charge in [0.25, 0.3) is 0 Å². The van der Waals surface area contributed by atoms with E-state index in [1.165, 1.54) is 5.69 Å². The van der Waals surface area contributed by atoms with Crippen molar-refractivity contribution < 1.29 is 9.47 Å². The number of anilines is 1. The van der Waals surface area contributed by atoms with Gasteiger partial charge in [0.2, 0.25) is 0 Å². The molecular formula is C13H19BrN2O2. The van der Waals surface area contributed by atoms with Gasteiger partial charge in [-0.1, -0.05) is 15.9 Å². The first-order chi connectivity index (χ1) is 8.69. The fraction of sp³-hybridized carbons (Fsp3) is 0.538. The predicted octanol–water partition coefficient (Wildman–Crippen LogP) is 1.76. The van der Waals surface area contributed by atoms with Crippen molar-refractivity contribution in [2.45, 2.75) is 18.8 Å². The Balaban J connectivity index is 2.22. The van der Waals surface area contributed by atoms with Gasteiger partial charge >= 0.3 is 0 Å². The van der Waals surface area contributed by atoms with Gasteiger partial charge in [-0.15, -0.1) is 0 Å². The Morgan fingerprint density at radius 2 is 1.89 bits per heavy atom. The average molecular weight is 315 g/mol. The standard InChI is InChI=1S/C13H19BrN2O2/c1-17-12-7-16(8-13(12)18-2)11-4-3-10(14)5-9(11)6-15/h3-5,12-13H,6-8,15H2,1-2H3. The van der Waals surface area contributed by atoms with Gasteiger partial charge in [0.15, 0.2) is 0 Å². The lowest BCUT2D eigenvalue weighted by molar-refractivity contribution is -0.00461. The van der Waals surface area contributed by atoms with E-state index < -0.39 is 0 Å². The van der Waals surface area contributed by atoms with E-state index in [0.29, 0.717) is 6.54 Å². The lowest BCUT2D eigenvalue weighted by atomic mass is 10.1. The zero-order valence-corrected chi connectivity index (χ0v) is 12.3. The van der Waals surface area contributed by atoms with Gasteiger partial charge < -0.3 is 20.1 Å². The van der Waals surface area contributed by atoms with Gasteiger partial charge in [0.05, 0.1) is 0 Å². The van der Waals surface area contributed by atoms with Crippen molar-refractivity contribution in [2.75, 3.05) is 32.2 Å². The monoisotopic (exact) mass is 314 g/mol. The van der Waals surface area contributed by atoms with Crippen molar-refractivity contribution in [3.63, 3.8) is 0 Å². The molecule has 0 saturated carbocycles. The maximum atomic E-state index is 5.81. The molecule has 1 aliphatic heterocycles. The minimum Gasteiger partial charge on any atom is -0.377 e. The van der Waals surface area contributed by atoms with E-state index in [2.05, 4.69) is 33.0 Å². The largest absolute Gasteiger partial charge is 0.377 e. The summed E-state index contributed by atoms with van der Waals surface area (Å²) >= 11 is 3.47. The number of rotatable bonds is 4. The highest BCUT2D eigenvalue weighted by Gasteiger charge is 2.33. The third-order valence-electron chi connectivity index (χ3n) is 3.42. The van der Waals surface area contributed by atoms with Crippen molar-refractivity contribution in [3.05, 3.63) is 28.2 Å². The zero-order chi connectivity index (χ0) is 13.1. The molecule has 0 amide bonds. The third-order valence-corrected chi connectivity index (χ3v) is 3.92. The van der Waals surface area contributed by atoms with Gasteiger partial charge in [-0.2, -0.15) is 0 Å². The normalized spacial score (nSPS) is 23.7. The number of hydrogen-bond donors (Lipinski definition) is 1. The summed E-state index contributed by atoms with van der Waals surface area (Å²) in [6.45, 7) is 2.20. The number of methoxy groups -OCH3 is 2. The van der Waals surface area contributed by atoms with Gasteiger partial charge in [0.1, 0.15) is 12.2 Å². The SMILES string of the molecule is COC1CN(c2ccc(Br)cc2CN)CC1OC. The topological polar surface area (TPSA) is 47.7 Å². The minimum atomic E-state index is 0.115. The number of nitrogens with zero attached hydrogens (tertiary/aromatic N) is 1. The van der Waals surface area contributed by atoms with Gasteiger partial charge in [0, 0.05) is 44.0 Å². The van der Waals surface area contributed by atoms with Crippen LogP contribution in [-0.2, 0) is 16.0 Å². The molecule has 2 atom stereocenters. The number of ether oxygens (including phenoxy) is 2. The summed E-state index contributed by atoms with van der Waals surface area (Å²) in [6.07, 6.45) is 0.230. The highest BCUT2D eigenvalue weighted by Crippen LogP contribution is 2.28. The molecule has 0 aliphatic carbocycles. The zero-order valence-electron chi connectivity index (χ0n) is 10.7. The summed E-state index contributed by atoms with van der Waals surface area (Å²) in [5.41, 5.74) is 8.12. The fourth-order valence-electron chi connectivity index (χ4n) is 2.42. The molecule has 2 rings (SSSR count). The molecule has 4 nitrogen and oxygen atoms in total. The number of benzene rings is 1. The van der Waals surface area contributed by atoms with Crippen molar-refractivity contribution in [2.24, 2.45) is 5.73 Å². The molecular weight excluding hydrogens is 296 g/mol. The summed E-state index contributed by atoms with van der Waals surface area (Å²) in [5, 5.41) is 0. The average Bonchev–Trinajstić information content (AvgIpc) is 2.81. The van der Waals surface area contributed by atoms with Crippen molar-refractivity contribution >= 4 is 21.6 Å². The Kier molecular flexibility index (Phi) is 4.61. The molecule has 1 aromatic rings. The van der Waals surface area contributed by atoms with E-state index in [1.54, 1.807) is 14.2 Å². The van der Waals surface area contributed by atoms with Crippen LogP contribution < -0.4 is 10.6 Å². The van der Waals surface area contributed by atoms with Crippen LogP contribution in [0.5, 0.6) is 0 Å². The molecule has 5 heteroatoms. The summed E-state index contributed by atoms with van der Waals surface area (Å²) in [7, 11) is 3.46. The Labute approximate surface area is 116 Å². The molecule has 1 saturated heterocycles. The maximum Gasteiger partial charge on any atom is 0.102 e. The van der Waals surface area contributed by atoms with Gasteiger partial charge in [-0.05, 0) is 23.8 Å². The first-order valence-electron chi connectivity index (χ1n) is 5.98. The molecule has 100 valence electrons. The highest BCUT2D eigenvalue weighted by atomic mass is 79.9. The van der Waals surface area contributed by atoms with Crippen LogP contribution in [0.15, 0.2) is 22.7 Å². The molecule has 18 heavy (non-hydrogen) atoms. The van der Waals surface area contributed by atoms with E-state index in [4.69, 9.17) is 15.2 Å². The Bertz CT molecular complexity index is 402. The Hall–Kier alpha value is -0.620. The molecule has 0 spiro atoms. The molecule has 0 radical (unpaired) electrons. The second-order valence-corrected chi connectivity index (χ2v) is 5.35. The molecule has 0 bridgehead atoms. The number of halogens is 1. The van der Waals surface area contributed by atoms with E-state index >= 15 is 0 Å². The molecule has 1 aromatic carbocycles. The van der Waals surface area contributed by atoms with Gasteiger partial charge in [-0.25, -0.2) is 0 Å². The number of hydrogen-bond acceptors (Lipinski definition) is 4. The molecule has 1 heterocycles. The Morgan fingerprint density at radius 1 is 1.28 bits per heavy atom. The lowest BCUT2D eigenvalue weighted by Gasteiger charge is -2.21. The maximum absolute atomic E-state index is 5.81. The molecule has 0 aromatic heterocycles. The third kappa shape index (κ3) is 2.69. The summed E-state index contributed by atoms with van der Waals surface area (Å²) < 4.78 is 12.0. The predicted molar refractivity (Wildman–Crippen MR) is 75.8 cm³/mol. The van der Waals surface area contributed by atoms with Crippen LogP contribution in [0.25, 0.3) is 0 Å². The quantitative estimate of drug-likeness (QED) is 0.920. The van der Waals surface area contributed by atoms with E-state index in [9.17, 15) is 0 Å². The second kappa shape index (κ2) is 6.02. The first-order valence-corrected chi connectivity index (χ1v) is 6.78. The number of nitrogens with two attached hydrogens (primary N) is 1. The van der Waals surface area contributed by atoms with E-state index in [-0.39, 0.29) is 12.2 Å². The molecule has 1 aliphatic rings. The highest BCUT2D eigenvalue weighted by molar-refractivity contribution is 9.10. The first kappa shape index (κ1) is 13.8. The summed E-state index contributed by atoms with van der Waals surface area (Å²) in [5.74, 6) is 0. The fourth-order valence-corrected chi connectivity index (χ4v) is 2.83. The van der Waals surface area contributed by atoms with E-state index in [1.807, 2.05) is 6.07 Å². The van der Waals surface area contributed by atoms with Crippen LogP contribution in [-0.4, -0.2) is 39.5 Å². The minimum absolute atomic E-state index is 0.115. The van der Waals surface area contributed by atoms with Crippen molar-refractivity contribution in [1.29, 1.82) is 0 Å². The summed E-state index contributed by atoms with van der Waals surface area (Å²) in [4.78, 5) is 2.27. The molecule has 2 N–H and O–H groups in total. The smallest absolute Gasteiger partial charge is 0.102 e. The lowest BCUT2D eigenvalue weighted by Crippen LogP contribution is -2.27. The van der Waals surface area contributed by atoms with E-state index in [0.717, 1.165) is 23.1 Å². The molecule has 2 unspecified atom stereocenters. The summed E-state index contributed by atoms with van der Waals surface area (Å²) in [6, 6.07) is 6.20. The van der Waals surface area contributed by atoms with Crippen LogP contribution in [0.3, 0.4) is 0 Å². The van der Waals surface area contributed by atoms with Crippen LogP contribution >= 0.6 is 15.9 Å². The molecule has 1 fully saturated rings. The second-order valence-electron chi connectivity index (χ2n) is 4.43. The van der Waals surface area contributed by atoms with Crippen LogP contribution in [0.4, 0.5) is 5.69 Å². The van der Waals surface area contributed by atoms with Crippen molar-refractivity contribution in [1.82, 2.24) is 0 Å². The van der Waals surface area contributed by atoms with Gasteiger partial charge in [-0.3, -0.25) is 0 Å².